The molecule has 23 heavy (non-hydrogen) atoms. The van der Waals surface area contributed by atoms with Gasteiger partial charge in [-0.3, -0.25) is 4.21 Å². The van der Waals surface area contributed by atoms with E-state index in [1.807, 2.05) is 66.7 Å². The largest absolute Gasteiger partial charge is 0.465 e. The number of carbonyl (C=O) groups is 1. The van der Waals surface area contributed by atoms with Crippen LogP contribution in [0, 0.1) is 0 Å². The molecule has 0 aliphatic heterocycles. The van der Waals surface area contributed by atoms with Gasteiger partial charge in [0.1, 0.15) is 0 Å². The molecule has 0 saturated heterocycles. The van der Waals surface area contributed by atoms with Crippen molar-refractivity contribution in [2.75, 3.05) is 7.11 Å². The van der Waals surface area contributed by atoms with Crippen LogP contribution in [0.1, 0.15) is 15.9 Å². The van der Waals surface area contributed by atoms with Crippen molar-refractivity contribution in [2.45, 2.75) is 10.6 Å². The highest BCUT2D eigenvalue weighted by atomic mass is 32.2. The van der Waals surface area contributed by atoms with Gasteiger partial charge in [0.15, 0.2) is 0 Å². The molecule has 116 valence electrons. The van der Waals surface area contributed by atoms with Crippen LogP contribution in [0.2, 0.25) is 0 Å². The van der Waals surface area contributed by atoms with Crippen molar-refractivity contribution >= 4 is 27.5 Å². The summed E-state index contributed by atoms with van der Waals surface area (Å²) in [6.07, 6.45) is 0. The van der Waals surface area contributed by atoms with E-state index in [4.69, 9.17) is 4.74 Å². The van der Waals surface area contributed by atoms with E-state index in [9.17, 15) is 9.00 Å². The van der Waals surface area contributed by atoms with Crippen LogP contribution < -0.4 is 0 Å². The fraction of sp³-hybridized carbons (Fsp3) is 0.105. The van der Waals surface area contributed by atoms with Gasteiger partial charge in [0.25, 0.3) is 0 Å². The van der Waals surface area contributed by atoms with Crippen molar-refractivity contribution in [3.8, 4) is 0 Å². The quantitative estimate of drug-likeness (QED) is 0.683. The summed E-state index contributed by atoms with van der Waals surface area (Å²) in [7, 11) is 0.149. The average molecular weight is 324 g/mol. The van der Waals surface area contributed by atoms with E-state index in [-0.39, 0.29) is 5.75 Å². The maximum Gasteiger partial charge on any atom is 0.338 e. The highest BCUT2D eigenvalue weighted by Crippen LogP contribution is 2.25. The van der Waals surface area contributed by atoms with Crippen LogP contribution in [0.5, 0.6) is 0 Å². The topological polar surface area (TPSA) is 43.4 Å². The van der Waals surface area contributed by atoms with Crippen LogP contribution in [0.4, 0.5) is 0 Å². The molecular weight excluding hydrogens is 308 g/mol. The van der Waals surface area contributed by atoms with Gasteiger partial charge in [0.2, 0.25) is 0 Å². The third-order valence-electron chi connectivity index (χ3n) is 3.70. The first-order valence-corrected chi connectivity index (χ1v) is 8.55. The highest BCUT2D eigenvalue weighted by Gasteiger charge is 2.18. The monoisotopic (exact) mass is 324 g/mol. The van der Waals surface area contributed by atoms with Gasteiger partial charge in [-0.1, -0.05) is 54.6 Å². The van der Waals surface area contributed by atoms with E-state index < -0.39 is 16.8 Å². The van der Waals surface area contributed by atoms with Gasteiger partial charge in [0.05, 0.1) is 29.2 Å². The molecule has 0 aromatic heterocycles. The molecule has 0 N–H and O–H groups in total. The molecule has 0 amide bonds. The lowest BCUT2D eigenvalue weighted by Gasteiger charge is -2.11. The van der Waals surface area contributed by atoms with Gasteiger partial charge in [0, 0.05) is 4.90 Å². The molecule has 0 aliphatic rings. The van der Waals surface area contributed by atoms with Crippen molar-refractivity contribution < 1.29 is 13.7 Å². The molecule has 3 aromatic rings. The SMILES string of the molecule is COC(=O)c1c(CS(=O)c2ccccc2)ccc2ccccc12. The maximum absolute atomic E-state index is 12.6. The van der Waals surface area contributed by atoms with Gasteiger partial charge < -0.3 is 4.74 Å². The van der Waals surface area contributed by atoms with Crippen molar-refractivity contribution in [3.63, 3.8) is 0 Å². The Balaban J connectivity index is 2.07. The minimum Gasteiger partial charge on any atom is -0.465 e. The second-order valence-electron chi connectivity index (χ2n) is 5.12. The van der Waals surface area contributed by atoms with Crippen LogP contribution >= 0.6 is 0 Å². The normalized spacial score (nSPS) is 12.0. The molecule has 0 radical (unpaired) electrons. The molecule has 0 saturated carbocycles. The van der Waals surface area contributed by atoms with Crippen molar-refractivity contribution in [1.29, 1.82) is 0 Å². The first kappa shape index (κ1) is 15.4. The number of rotatable bonds is 4. The second-order valence-corrected chi connectivity index (χ2v) is 6.57. The summed E-state index contributed by atoms with van der Waals surface area (Å²) in [5.41, 5.74) is 1.23. The summed E-state index contributed by atoms with van der Waals surface area (Å²) < 4.78 is 17.5. The lowest BCUT2D eigenvalue weighted by Crippen LogP contribution is -2.09. The van der Waals surface area contributed by atoms with E-state index in [0.717, 1.165) is 21.2 Å². The van der Waals surface area contributed by atoms with E-state index in [0.29, 0.717) is 5.56 Å². The number of fused-ring (bicyclic) bond motifs is 1. The van der Waals surface area contributed by atoms with Crippen LogP contribution in [0.3, 0.4) is 0 Å². The van der Waals surface area contributed by atoms with Crippen LogP contribution in [0.25, 0.3) is 10.8 Å². The molecule has 0 fully saturated rings. The Bertz CT molecular complexity index is 872. The Kier molecular flexibility index (Phi) is 4.53. The number of methoxy groups -OCH3 is 1. The van der Waals surface area contributed by atoms with Crippen LogP contribution in [-0.2, 0) is 21.3 Å². The average Bonchev–Trinajstić information content (AvgIpc) is 2.61. The lowest BCUT2D eigenvalue weighted by molar-refractivity contribution is 0.0602. The first-order chi connectivity index (χ1) is 11.2. The zero-order valence-electron chi connectivity index (χ0n) is 12.7. The molecule has 0 spiro atoms. The van der Waals surface area contributed by atoms with Gasteiger partial charge in [-0.15, -0.1) is 0 Å². The Morgan fingerprint density at radius 2 is 1.65 bits per heavy atom. The number of benzene rings is 3. The highest BCUT2D eigenvalue weighted by molar-refractivity contribution is 7.84. The molecule has 3 rings (SSSR count). The Labute approximate surface area is 137 Å². The van der Waals surface area contributed by atoms with Gasteiger partial charge >= 0.3 is 5.97 Å². The minimum absolute atomic E-state index is 0.277. The Morgan fingerprint density at radius 1 is 0.957 bits per heavy atom. The predicted molar refractivity (Wildman–Crippen MR) is 91.8 cm³/mol. The van der Waals surface area contributed by atoms with Crippen molar-refractivity contribution in [1.82, 2.24) is 0 Å². The van der Waals surface area contributed by atoms with Gasteiger partial charge in [-0.25, -0.2) is 4.79 Å². The predicted octanol–water partition coefficient (Wildman–Crippen LogP) is 3.93. The summed E-state index contributed by atoms with van der Waals surface area (Å²) in [6, 6.07) is 20.7. The first-order valence-electron chi connectivity index (χ1n) is 7.23. The van der Waals surface area contributed by atoms with E-state index in [1.165, 1.54) is 7.11 Å². The van der Waals surface area contributed by atoms with Crippen molar-refractivity contribution in [2.24, 2.45) is 0 Å². The molecule has 0 bridgehead atoms. The minimum atomic E-state index is -1.21. The third-order valence-corrected chi connectivity index (χ3v) is 5.07. The Hall–Kier alpha value is -2.46. The second kappa shape index (κ2) is 6.75. The molecule has 1 unspecified atom stereocenters. The standard InChI is InChI=1S/C19H16O3S/c1-22-19(20)18-15(12-11-14-7-5-6-10-17(14)18)13-23(21)16-8-3-2-4-9-16/h2-12H,13H2,1H3. The summed E-state index contributed by atoms with van der Waals surface area (Å²) in [4.78, 5) is 13.0. The number of esters is 1. The van der Waals surface area contributed by atoms with Crippen LogP contribution in [-0.4, -0.2) is 17.3 Å². The zero-order valence-corrected chi connectivity index (χ0v) is 13.5. The third kappa shape index (κ3) is 3.17. The number of carbonyl (C=O) groups excluding carboxylic acids is 1. The molecular formula is C19H16O3S. The van der Waals surface area contributed by atoms with E-state index in [2.05, 4.69) is 0 Å². The number of ether oxygens (including phenoxy) is 1. The van der Waals surface area contributed by atoms with Crippen LogP contribution in [0.15, 0.2) is 71.6 Å². The number of hydrogen-bond acceptors (Lipinski definition) is 3. The van der Waals surface area contributed by atoms with Gasteiger partial charge in [-0.05, 0) is 28.5 Å². The van der Waals surface area contributed by atoms with E-state index in [1.54, 1.807) is 0 Å². The summed E-state index contributed by atoms with van der Waals surface area (Å²) in [6.45, 7) is 0. The Morgan fingerprint density at radius 3 is 2.39 bits per heavy atom. The summed E-state index contributed by atoms with van der Waals surface area (Å²) >= 11 is 0. The number of hydrogen-bond donors (Lipinski definition) is 0. The molecule has 0 heterocycles. The smallest absolute Gasteiger partial charge is 0.338 e. The van der Waals surface area contributed by atoms with Crippen molar-refractivity contribution in [3.05, 3.63) is 77.9 Å². The summed E-state index contributed by atoms with van der Waals surface area (Å²) in [5, 5.41) is 1.78. The lowest BCUT2D eigenvalue weighted by atomic mass is 10.00. The molecule has 3 aromatic carbocycles. The fourth-order valence-electron chi connectivity index (χ4n) is 2.58. The molecule has 3 nitrogen and oxygen atoms in total. The van der Waals surface area contributed by atoms with E-state index >= 15 is 0 Å². The maximum atomic E-state index is 12.6. The van der Waals surface area contributed by atoms with Gasteiger partial charge in [-0.2, -0.15) is 0 Å². The fourth-order valence-corrected chi connectivity index (χ4v) is 3.73. The molecule has 0 aliphatic carbocycles. The molecule has 4 heteroatoms. The molecule has 1 atom stereocenters. The summed E-state index contributed by atoms with van der Waals surface area (Å²) in [5.74, 6) is -0.124. The zero-order chi connectivity index (χ0) is 16.2.